The van der Waals surface area contributed by atoms with E-state index in [9.17, 15) is 14.4 Å². The molecule has 1 aromatic heterocycles. The van der Waals surface area contributed by atoms with Crippen molar-refractivity contribution in [2.24, 2.45) is 5.41 Å². The number of ether oxygens (including phenoxy) is 4. The third kappa shape index (κ3) is 5.81. The van der Waals surface area contributed by atoms with Crippen molar-refractivity contribution in [2.45, 2.75) is 32.1 Å². The Bertz CT molecular complexity index is 782. The van der Waals surface area contributed by atoms with E-state index in [-0.39, 0.29) is 30.0 Å². The summed E-state index contributed by atoms with van der Waals surface area (Å²) in [5, 5.41) is 2.45. The average molecular weight is 436 g/mol. The standard InChI is InChI=1S/C20H28N4O7/c1-28-15-11-16(29-2)23-19(22-15)21-14(25)13-31-18(27)20(5-3-4-6-20)12-17(26)24-7-9-30-10-8-24/h11H,3-10,12-13H2,1-2H3,(H,21,22,23,25). The number of carbonyl (C=O) groups excluding carboxylic acids is 3. The van der Waals surface area contributed by atoms with Crippen molar-refractivity contribution in [2.75, 3.05) is 52.4 Å². The second kappa shape index (κ2) is 10.4. The summed E-state index contributed by atoms with van der Waals surface area (Å²) in [6, 6.07) is 1.46. The molecule has 1 aliphatic carbocycles. The maximum absolute atomic E-state index is 12.9. The van der Waals surface area contributed by atoms with Crippen molar-refractivity contribution in [3.8, 4) is 11.8 Å². The molecule has 1 N–H and O–H groups in total. The van der Waals surface area contributed by atoms with Gasteiger partial charge in [0.1, 0.15) is 0 Å². The molecule has 0 aromatic carbocycles. The van der Waals surface area contributed by atoms with E-state index in [0.717, 1.165) is 12.8 Å². The van der Waals surface area contributed by atoms with E-state index < -0.39 is 23.9 Å². The SMILES string of the molecule is COc1cc(OC)nc(NC(=O)COC(=O)C2(CC(=O)N3CCOCC3)CCCC2)n1. The van der Waals surface area contributed by atoms with E-state index in [2.05, 4.69) is 15.3 Å². The van der Waals surface area contributed by atoms with Crippen molar-refractivity contribution in [3.63, 3.8) is 0 Å². The van der Waals surface area contributed by atoms with Crippen LogP contribution in [0, 0.1) is 5.41 Å². The van der Waals surface area contributed by atoms with Crippen LogP contribution in [-0.2, 0) is 23.9 Å². The van der Waals surface area contributed by atoms with Crippen molar-refractivity contribution >= 4 is 23.7 Å². The first-order valence-corrected chi connectivity index (χ1v) is 10.3. The average Bonchev–Trinajstić information content (AvgIpc) is 3.27. The molecule has 170 valence electrons. The lowest BCUT2D eigenvalue weighted by atomic mass is 9.82. The van der Waals surface area contributed by atoms with Gasteiger partial charge in [-0.2, -0.15) is 9.97 Å². The van der Waals surface area contributed by atoms with E-state index in [4.69, 9.17) is 18.9 Å². The maximum Gasteiger partial charge on any atom is 0.313 e. The van der Waals surface area contributed by atoms with Crippen LogP contribution in [0.5, 0.6) is 11.8 Å². The quantitative estimate of drug-likeness (QED) is 0.588. The number of hydrogen-bond donors (Lipinski definition) is 1. The van der Waals surface area contributed by atoms with Crippen molar-refractivity contribution in [3.05, 3.63) is 6.07 Å². The first-order valence-electron chi connectivity index (χ1n) is 10.3. The predicted octanol–water partition coefficient (Wildman–Crippen LogP) is 0.785. The van der Waals surface area contributed by atoms with Gasteiger partial charge < -0.3 is 23.8 Å². The summed E-state index contributed by atoms with van der Waals surface area (Å²) in [5.74, 6) is -0.808. The first kappa shape index (κ1) is 22.7. The Morgan fingerprint density at radius 1 is 1.10 bits per heavy atom. The predicted molar refractivity (Wildman–Crippen MR) is 108 cm³/mol. The number of esters is 1. The highest BCUT2D eigenvalue weighted by molar-refractivity contribution is 5.92. The number of carbonyl (C=O) groups is 3. The fraction of sp³-hybridized carbons (Fsp3) is 0.650. The summed E-state index contributed by atoms with van der Waals surface area (Å²) < 4.78 is 20.6. The van der Waals surface area contributed by atoms with Crippen molar-refractivity contribution in [1.29, 1.82) is 0 Å². The minimum Gasteiger partial charge on any atom is -0.481 e. The van der Waals surface area contributed by atoms with Gasteiger partial charge in [0.2, 0.25) is 23.6 Å². The summed E-state index contributed by atoms with van der Waals surface area (Å²) in [7, 11) is 2.85. The van der Waals surface area contributed by atoms with Gasteiger partial charge in [0, 0.05) is 19.5 Å². The van der Waals surface area contributed by atoms with Gasteiger partial charge in [-0.1, -0.05) is 12.8 Å². The van der Waals surface area contributed by atoms with Crippen LogP contribution < -0.4 is 14.8 Å². The topological polar surface area (TPSA) is 129 Å². The number of anilines is 1. The fourth-order valence-corrected chi connectivity index (χ4v) is 3.83. The molecular formula is C20H28N4O7. The number of nitrogens with zero attached hydrogens (tertiary/aromatic N) is 3. The van der Waals surface area contributed by atoms with Crippen LogP contribution in [0.15, 0.2) is 6.07 Å². The molecule has 0 bridgehead atoms. The highest BCUT2D eigenvalue weighted by Gasteiger charge is 2.45. The monoisotopic (exact) mass is 436 g/mol. The number of nitrogens with one attached hydrogen (secondary N) is 1. The van der Waals surface area contributed by atoms with Gasteiger partial charge in [0.05, 0.1) is 38.9 Å². The highest BCUT2D eigenvalue weighted by atomic mass is 16.5. The summed E-state index contributed by atoms with van der Waals surface area (Å²) in [6.45, 7) is 1.54. The fourth-order valence-electron chi connectivity index (χ4n) is 3.83. The number of aromatic nitrogens is 2. The molecule has 2 fully saturated rings. The van der Waals surface area contributed by atoms with E-state index in [0.29, 0.717) is 39.1 Å². The lowest BCUT2D eigenvalue weighted by molar-refractivity contribution is -0.161. The molecule has 0 radical (unpaired) electrons. The van der Waals surface area contributed by atoms with Gasteiger partial charge in [-0.05, 0) is 12.8 Å². The molecule has 1 saturated heterocycles. The largest absolute Gasteiger partial charge is 0.481 e. The molecule has 11 heteroatoms. The van der Waals surface area contributed by atoms with E-state index >= 15 is 0 Å². The minimum absolute atomic E-state index is 0.0321. The Morgan fingerprint density at radius 3 is 2.29 bits per heavy atom. The van der Waals surface area contributed by atoms with Crippen LogP contribution in [0.25, 0.3) is 0 Å². The van der Waals surface area contributed by atoms with Crippen molar-refractivity contribution in [1.82, 2.24) is 14.9 Å². The zero-order valence-electron chi connectivity index (χ0n) is 17.8. The number of morpholine rings is 1. The van der Waals surface area contributed by atoms with E-state index in [1.165, 1.54) is 20.3 Å². The molecule has 1 saturated carbocycles. The zero-order chi connectivity index (χ0) is 22.3. The summed E-state index contributed by atoms with van der Waals surface area (Å²) in [6.07, 6.45) is 2.91. The molecule has 3 rings (SSSR count). The molecule has 0 atom stereocenters. The van der Waals surface area contributed by atoms with Crippen molar-refractivity contribution < 1.29 is 33.3 Å². The smallest absolute Gasteiger partial charge is 0.313 e. The first-order chi connectivity index (χ1) is 15.0. The zero-order valence-corrected chi connectivity index (χ0v) is 17.8. The maximum atomic E-state index is 12.9. The Hall–Kier alpha value is -2.95. The molecule has 0 unspecified atom stereocenters. The molecule has 2 amide bonds. The van der Waals surface area contributed by atoms with E-state index in [1.807, 2.05) is 0 Å². The van der Waals surface area contributed by atoms with Gasteiger partial charge >= 0.3 is 5.97 Å². The minimum atomic E-state index is -0.884. The van der Waals surface area contributed by atoms with Gasteiger partial charge in [-0.15, -0.1) is 0 Å². The second-order valence-electron chi connectivity index (χ2n) is 7.56. The van der Waals surface area contributed by atoms with Gasteiger partial charge in [-0.25, -0.2) is 0 Å². The molecule has 2 heterocycles. The van der Waals surface area contributed by atoms with Crippen LogP contribution >= 0.6 is 0 Å². The third-order valence-corrected chi connectivity index (χ3v) is 5.53. The summed E-state index contributed by atoms with van der Waals surface area (Å²) >= 11 is 0. The number of hydrogen-bond acceptors (Lipinski definition) is 9. The van der Waals surface area contributed by atoms with Gasteiger partial charge in [-0.3, -0.25) is 19.7 Å². The molecule has 1 aromatic rings. The Balaban J connectivity index is 1.57. The Kier molecular flexibility index (Phi) is 7.61. The molecule has 11 nitrogen and oxygen atoms in total. The number of methoxy groups -OCH3 is 2. The van der Waals surface area contributed by atoms with Crippen LogP contribution in [-0.4, -0.2) is 79.8 Å². The molecule has 31 heavy (non-hydrogen) atoms. The lowest BCUT2D eigenvalue weighted by Crippen LogP contribution is -2.44. The molecule has 1 aliphatic heterocycles. The summed E-state index contributed by atoms with van der Waals surface area (Å²) in [4.78, 5) is 47.6. The number of rotatable bonds is 8. The molecule has 2 aliphatic rings. The highest BCUT2D eigenvalue weighted by Crippen LogP contribution is 2.42. The van der Waals surface area contributed by atoms with Crippen LogP contribution in [0.3, 0.4) is 0 Å². The normalized spacial score (nSPS) is 17.7. The summed E-state index contributed by atoms with van der Waals surface area (Å²) in [5.41, 5.74) is -0.884. The van der Waals surface area contributed by atoms with Gasteiger partial charge in [0.15, 0.2) is 6.61 Å². The third-order valence-electron chi connectivity index (χ3n) is 5.53. The Morgan fingerprint density at radius 2 is 1.71 bits per heavy atom. The second-order valence-corrected chi connectivity index (χ2v) is 7.56. The lowest BCUT2D eigenvalue weighted by Gasteiger charge is -2.31. The van der Waals surface area contributed by atoms with Crippen LogP contribution in [0.1, 0.15) is 32.1 Å². The van der Waals surface area contributed by atoms with Crippen LogP contribution in [0.4, 0.5) is 5.95 Å². The molecule has 0 spiro atoms. The van der Waals surface area contributed by atoms with Gasteiger partial charge in [0.25, 0.3) is 5.91 Å². The van der Waals surface area contributed by atoms with E-state index in [1.54, 1.807) is 4.90 Å². The molecular weight excluding hydrogens is 408 g/mol. The number of amides is 2. The van der Waals surface area contributed by atoms with Crippen LogP contribution in [0.2, 0.25) is 0 Å². The Labute approximate surface area is 180 Å².